The highest BCUT2D eigenvalue weighted by atomic mass is 32.2. The molecule has 8 heteroatoms. The van der Waals surface area contributed by atoms with Crippen LogP contribution >= 0.6 is 0 Å². The number of methoxy groups -OCH3 is 1. The summed E-state index contributed by atoms with van der Waals surface area (Å²) < 4.78 is 33.4. The summed E-state index contributed by atoms with van der Waals surface area (Å²) in [6.07, 6.45) is 4.10. The molecule has 2 aromatic carbocycles. The van der Waals surface area contributed by atoms with Crippen molar-refractivity contribution in [1.82, 2.24) is 14.9 Å². The molecule has 33 heavy (non-hydrogen) atoms. The first-order chi connectivity index (χ1) is 15.9. The third-order valence-electron chi connectivity index (χ3n) is 6.44. The number of piperidine rings is 1. The molecular weight excluding hydrogens is 438 g/mol. The van der Waals surface area contributed by atoms with E-state index in [0.717, 1.165) is 44.0 Å². The van der Waals surface area contributed by atoms with Crippen molar-refractivity contribution in [1.29, 1.82) is 0 Å². The van der Waals surface area contributed by atoms with Gasteiger partial charge in [-0.25, -0.2) is 13.1 Å². The average molecular weight is 472 g/mol. The van der Waals surface area contributed by atoms with Crippen molar-refractivity contribution in [3.05, 3.63) is 59.2 Å². The second-order valence-electron chi connectivity index (χ2n) is 9.17. The molecule has 2 aliphatic rings. The lowest BCUT2D eigenvalue weighted by atomic mass is 9.98. The Balaban J connectivity index is 1.44. The Morgan fingerprint density at radius 2 is 1.76 bits per heavy atom. The summed E-state index contributed by atoms with van der Waals surface area (Å²) >= 11 is 0. The highest BCUT2D eigenvalue weighted by Crippen LogP contribution is 2.28. The maximum Gasteiger partial charge on any atom is 0.251 e. The minimum atomic E-state index is -3.75. The van der Waals surface area contributed by atoms with E-state index in [2.05, 4.69) is 27.9 Å². The number of amides is 1. The zero-order chi connectivity index (χ0) is 23.4. The molecule has 1 amide bonds. The van der Waals surface area contributed by atoms with Crippen LogP contribution < -0.4 is 14.8 Å². The maximum absolute atomic E-state index is 12.9. The van der Waals surface area contributed by atoms with E-state index in [1.165, 1.54) is 37.6 Å². The van der Waals surface area contributed by atoms with Crippen molar-refractivity contribution in [2.75, 3.05) is 20.2 Å². The van der Waals surface area contributed by atoms with E-state index >= 15 is 0 Å². The van der Waals surface area contributed by atoms with Gasteiger partial charge in [-0.1, -0.05) is 31.2 Å². The summed E-state index contributed by atoms with van der Waals surface area (Å²) in [6, 6.07) is 12.6. The molecule has 2 aromatic rings. The maximum atomic E-state index is 12.9. The largest absolute Gasteiger partial charge is 0.495 e. The molecule has 2 N–H and O–H groups in total. The molecule has 0 aromatic heterocycles. The molecule has 0 bridgehead atoms. The monoisotopic (exact) mass is 471 g/mol. The molecule has 1 heterocycles. The van der Waals surface area contributed by atoms with Gasteiger partial charge in [-0.3, -0.25) is 9.69 Å². The fourth-order valence-electron chi connectivity index (χ4n) is 4.13. The number of nitrogens with one attached hydrogen (secondary N) is 2. The van der Waals surface area contributed by atoms with Crippen LogP contribution in [0, 0.1) is 5.92 Å². The van der Waals surface area contributed by atoms with E-state index in [4.69, 9.17) is 4.74 Å². The predicted molar refractivity (Wildman–Crippen MR) is 128 cm³/mol. The van der Waals surface area contributed by atoms with Gasteiger partial charge in [0.15, 0.2) is 0 Å². The molecule has 1 aliphatic carbocycles. The van der Waals surface area contributed by atoms with Crippen LogP contribution in [0.25, 0.3) is 0 Å². The molecule has 1 saturated carbocycles. The fraction of sp³-hybridized carbons (Fsp3) is 0.480. The first-order valence-electron chi connectivity index (χ1n) is 11.6. The van der Waals surface area contributed by atoms with Gasteiger partial charge in [-0.05, 0) is 74.0 Å². The van der Waals surface area contributed by atoms with E-state index in [0.29, 0.717) is 6.54 Å². The van der Waals surface area contributed by atoms with Gasteiger partial charge in [0.05, 0.1) is 7.11 Å². The van der Waals surface area contributed by atoms with Crippen molar-refractivity contribution in [3.63, 3.8) is 0 Å². The van der Waals surface area contributed by atoms with E-state index in [9.17, 15) is 13.2 Å². The van der Waals surface area contributed by atoms with Crippen LogP contribution in [0.2, 0.25) is 0 Å². The van der Waals surface area contributed by atoms with Crippen LogP contribution in [-0.4, -0.2) is 45.5 Å². The highest BCUT2D eigenvalue weighted by Gasteiger charge is 2.30. The molecule has 178 valence electrons. The third kappa shape index (κ3) is 6.13. The quantitative estimate of drug-likeness (QED) is 0.586. The van der Waals surface area contributed by atoms with E-state index in [1.807, 2.05) is 18.2 Å². The third-order valence-corrected chi connectivity index (χ3v) is 7.98. The number of rotatable bonds is 9. The lowest BCUT2D eigenvalue weighted by Crippen LogP contribution is -2.33. The van der Waals surface area contributed by atoms with Crippen molar-refractivity contribution < 1.29 is 17.9 Å². The number of ether oxygens (including phenoxy) is 1. The molecule has 0 radical (unpaired) electrons. The molecule has 4 rings (SSSR count). The number of hydrogen-bond donors (Lipinski definition) is 2. The van der Waals surface area contributed by atoms with Crippen LogP contribution in [0.5, 0.6) is 5.75 Å². The van der Waals surface area contributed by atoms with Crippen LogP contribution in [0.1, 0.15) is 54.1 Å². The standard InChI is InChI=1S/C25H33N3O4S/c1-18-11-13-28(14-12-18)17-21-6-4-3-5-20(21)16-26-25(29)19-7-10-23(32-2)24(15-19)33(30,31)27-22-8-9-22/h3-7,10,15,18,22,27H,8-9,11-14,16-17H2,1-2H3,(H,26,29). The molecular formula is C25H33N3O4S. The smallest absolute Gasteiger partial charge is 0.251 e. The van der Waals surface area contributed by atoms with Gasteiger partial charge >= 0.3 is 0 Å². The van der Waals surface area contributed by atoms with Crippen molar-refractivity contribution >= 4 is 15.9 Å². The predicted octanol–water partition coefficient (Wildman–Crippen LogP) is 3.30. The number of hydrogen-bond acceptors (Lipinski definition) is 5. The van der Waals surface area contributed by atoms with Gasteiger partial charge in [0.1, 0.15) is 10.6 Å². The van der Waals surface area contributed by atoms with E-state index < -0.39 is 10.0 Å². The van der Waals surface area contributed by atoms with Crippen LogP contribution in [0.3, 0.4) is 0 Å². The summed E-state index contributed by atoms with van der Waals surface area (Å²) in [5.74, 6) is 0.691. The molecule has 1 aliphatic heterocycles. The van der Waals surface area contributed by atoms with E-state index in [1.54, 1.807) is 6.07 Å². The number of carbonyl (C=O) groups excluding carboxylic acids is 1. The number of likely N-dealkylation sites (tertiary alicyclic amines) is 1. The summed E-state index contributed by atoms with van der Waals surface area (Å²) in [5.41, 5.74) is 2.56. The second-order valence-corrected chi connectivity index (χ2v) is 10.9. The number of nitrogens with zero attached hydrogens (tertiary/aromatic N) is 1. The Morgan fingerprint density at radius 1 is 1.06 bits per heavy atom. The minimum absolute atomic E-state index is 0.00993. The number of benzene rings is 2. The molecule has 1 saturated heterocycles. The van der Waals surface area contributed by atoms with Gasteiger partial charge in [0.25, 0.3) is 5.91 Å². The highest BCUT2D eigenvalue weighted by molar-refractivity contribution is 7.89. The molecule has 0 unspecified atom stereocenters. The molecule has 0 atom stereocenters. The minimum Gasteiger partial charge on any atom is -0.495 e. The Bertz CT molecular complexity index is 1090. The van der Waals surface area contributed by atoms with Crippen molar-refractivity contribution in [2.24, 2.45) is 5.92 Å². The SMILES string of the molecule is COc1ccc(C(=O)NCc2ccccc2CN2CCC(C)CC2)cc1S(=O)(=O)NC1CC1. The Hall–Kier alpha value is -2.42. The van der Waals surface area contributed by atoms with Crippen LogP contribution in [0.15, 0.2) is 47.4 Å². The number of carbonyl (C=O) groups is 1. The van der Waals surface area contributed by atoms with E-state index in [-0.39, 0.29) is 28.2 Å². The molecule has 7 nitrogen and oxygen atoms in total. The first kappa shape index (κ1) is 23.7. The van der Waals surface area contributed by atoms with Crippen LogP contribution in [-0.2, 0) is 23.1 Å². The van der Waals surface area contributed by atoms with Gasteiger partial charge in [0.2, 0.25) is 10.0 Å². The normalized spacial score (nSPS) is 17.6. The van der Waals surface area contributed by atoms with Gasteiger partial charge in [-0.15, -0.1) is 0 Å². The summed E-state index contributed by atoms with van der Waals surface area (Å²) in [6.45, 7) is 5.75. The fourth-order valence-corrected chi connectivity index (χ4v) is 5.63. The average Bonchev–Trinajstić information content (AvgIpc) is 3.62. The Morgan fingerprint density at radius 3 is 2.42 bits per heavy atom. The van der Waals surface area contributed by atoms with Gasteiger partial charge in [0, 0.05) is 24.7 Å². The topological polar surface area (TPSA) is 87.7 Å². The lowest BCUT2D eigenvalue weighted by molar-refractivity contribution is 0.0950. The Labute approximate surface area is 196 Å². The van der Waals surface area contributed by atoms with Gasteiger partial charge in [-0.2, -0.15) is 0 Å². The van der Waals surface area contributed by atoms with Crippen LogP contribution in [0.4, 0.5) is 0 Å². The molecule has 0 spiro atoms. The zero-order valence-electron chi connectivity index (χ0n) is 19.3. The second kappa shape index (κ2) is 10.2. The summed E-state index contributed by atoms with van der Waals surface area (Å²) in [7, 11) is -2.33. The van der Waals surface area contributed by atoms with Crippen molar-refractivity contribution in [3.8, 4) is 5.75 Å². The number of sulfonamides is 1. The summed E-state index contributed by atoms with van der Waals surface area (Å²) in [5, 5.41) is 2.96. The summed E-state index contributed by atoms with van der Waals surface area (Å²) in [4.78, 5) is 15.3. The molecule has 2 fully saturated rings. The Kier molecular flexibility index (Phi) is 7.36. The van der Waals surface area contributed by atoms with Gasteiger partial charge < -0.3 is 10.1 Å². The van der Waals surface area contributed by atoms with Crippen molar-refractivity contribution in [2.45, 2.75) is 56.6 Å². The first-order valence-corrected chi connectivity index (χ1v) is 13.1. The zero-order valence-corrected chi connectivity index (χ0v) is 20.2. The lowest BCUT2D eigenvalue weighted by Gasteiger charge is -2.30.